The van der Waals surface area contributed by atoms with Gasteiger partial charge in [0.25, 0.3) is 8.32 Å². The van der Waals surface area contributed by atoms with Crippen LogP contribution in [0.15, 0.2) is 85.0 Å². The molecule has 2 aromatic carbocycles. The summed E-state index contributed by atoms with van der Waals surface area (Å²) < 4.78 is 7.08. The molecule has 0 heterocycles. The molecule has 0 saturated carbocycles. The molecule has 0 N–H and O–H groups in total. The lowest BCUT2D eigenvalue weighted by molar-refractivity contribution is 0.286. The van der Waals surface area contributed by atoms with E-state index in [-0.39, 0.29) is 5.04 Å². The molecule has 0 spiro atoms. The van der Waals surface area contributed by atoms with Gasteiger partial charge in [-0.05, 0) is 66.8 Å². The number of unbranched alkanes of at least 4 members (excludes halogenated alkanes) is 36. The highest BCUT2D eigenvalue weighted by Crippen LogP contribution is 2.37. The van der Waals surface area contributed by atoms with E-state index in [4.69, 9.17) is 4.43 Å². The Morgan fingerprint density at radius 2 is 0.571 bits per heavy atom. The molecular formula is C61H106OSi. The van der Waals surface area contributed by atoms with Crippen LogP contribution in [0.3, 0.4) is 0 Å². The molecular weight excluding hydrogens is 777 g/mol. The van der Waals surface area contributed by atoms with E-state index in [0.29, 0.717) is 0 Å². The van der Waals surface area contributed by atoms with Crippen molar-refractivity contribution < 1.29 is 4.43 Å². The fraction of sp³-hybridized carbons (Fsp3) is 0.738. The summed E-state index contributed by atoms with van der Waals surface area (Å²) in [6, 6.07) is 22.2. The van der Waals surface area contributed by atoms with Crippen molar-refractivity contribution in [2.75, 3.05) is 6.61 Å². The topological polar surface area (TPSA) is 9.23 Å². The second-order valence-electron chi connectivity index (χ2n) is 20.6. The van der Waals surface area contributed by atoms with Crippen LogP contribution in [0.2, 0.25) is 5.04 Å². The van der Waals surface area contributed by atoms with Gasteiger partial charge in [0.15, 0.2) is 0 Å². The average molecular weight is 884 g/mol. The number of allylic oxidation sites excluding steroid dienone is 4. The Hall–Kier alpha value is -1.90. The van der Waals surface area contributed by atoms with Crippen LogP contribution < -0.4 is 10.4 Å². The Balaban J connectivity index is 1.24. The molecule has 0 aliphatic rings. The maximum absolute atomic E-state index is 7.08. The molecule has 2 rings (SSSR count). The zero-order valence-electron chi connectivity index (χ0n) is 42.8. The number of hydrogen-bond donors (Lipinski definition) is 0. The molecule has 0 atom stereocenters. The predicted octanol–water partition coefficient (Wildman–Crippen LogP) is 19.9. The lowest BCUT2D eigenvalue weighted by Crippen LogP contribution is -2.66. The van der Waals surface area contributed by atoms with Crippen LogP contribution in [0, 0.1) is 0 Å². The molecule has 0 unspecified atom stereocenters. The Labute approximate surface area is 396 Å². The second-order valence-corrected chi connectivity index (χ2v) is 24.9. The van der Waals surface area contributed by atoms with Gasteiger partial charge in [0, 0.05) is 6.61 Å². The van der Waals surface area contributed by atoms with Gasteiger partial charge in [0.1, 0.15) is 0 Å². The summed E-state index contributed by atoms with van der Waals surface area (Å²) in [5.41, 5.74) is 0. The zero-order valence-corrected chi connectivity index (χ0v) is 43.8. The molecule has 0 fully saturated rings. The van der Waals surface area contributed by atoms with Crippen LogP contribution in [0.4, 0.5) is 0 Å². The summed E-state index contributed by atoms with van der Waals surface area (Å²) in [6.07, 6.45) is 64.8. The van der Waals surface area contributed by atoms with Gasteiger partial charge in [0.05, 0.1) is 0 Å². The van der Waals surface area contributed by atoms with E-state index in [1.807, 2.05) is 0 Å². The van der Waals surface area contributed by atoms with Crippen molar-refractivity contribution in [1.29, 1.82) is 0 Å². The van der Waals surface area contributed by atoms with E-state index in [1.54, 1.807) is 0 Å². The summed E-state index contributed by atoms with van der Waals surface area (Å²) in [6.45, 7) is 10.2. The van der Waals surface area contributed by atoms with Gasteiger partial charge in [0.2, 0.25) is 0 Å². The first-order chi connectivity index (χ1) is 31.0. The molecule has 1 nitrogen and oxygen atoms in total. The van der Waals surface area contributed by atoms with E-state index in [0.717, 1.165) is 6.61 Å². The summed E-state index contributed by atoms with van der Waals surface area (Å²) in [5.74, 6) is 0. The Bertz CT molecular complexity index is 1240. The average Bonchev–Trinajstić information content (AvgIpc) is 3.29. The van der Waals surface area contributed by atoms with Crippen LogP contribution in [0.5, 0.6) is 0 Å². The van der Waals surface area contributed by atoms with Crippen LogP contribution in [0.25, 0.3) is 0 Å². The maximum atomic E-state index is 7.08. The van der Waals surface area contributed by atoms with Crippen LogP contribution >= 0.6 is 0 Å². The zero-order chi connectivity index (χ0) is 45.0. The van der Waals surface area contributed by atoms with Crippen LogP contribution in [0.1, 0.15) is 278 Å². The quantitative estimate of drug-likeness (QED) is 0.0366. The fourth-order valence-electron chi connectivity index (χ4n) is 9.88. The van der Waals surface area contributed by atoms with Crippen molar-refractivity contribution in [3.8, 4) is 0 Å². The molecule has 2 heteroatoms. The van der Waals surface area contributed by atoms with Gasteiger partial charge in [-0.1, -0.05) is 312 Å². The third kappa shape index (κ3) is 30.1. The highest BCUT2D eigenvalue weighted by molar-refractivity contribution is 6.99. The highest BCUT2D eigenvalue weighted by Gasteiger charge is 2.49. The monoisotopic (exact) mass is 883 g/mol. The Morgan fingerprint density at radius 3 is 0.825 bits per heavy atom. The van der Waals surface area contributed by atoms with Crippen molar-refractivity contribution in [3.05, 3.63) is 85.0 Å². The van der Waals surface area contributed by atoms with Gasteiger partial charge < -0.3 is 4.43 Å². The summed E-state index contributed by atoms with van der Waals surface area (Å²) in [4.78, 5) is 0. The third-order valence-corrected chi connectivity index (χ3v) is 18.9. The van der Waals surface area contributed by atoms with Crippen molar-refractivity contribution >= 4 is 18.7 Å². The Kier molecular flexibility index (Phi) is 37.7. The van der Waals surface area contributed by atoms with E-state index in [9.17, 15) is 0 Å². The van der Waals surface area contributed by atoms with Crippen molar-refractivity contribution in [2.45, 2.75) is 283 Å². The molecule has 0 aromatic heterocycles. The minimum atomic E-state index is -2.38. The molecule has 0 radical (unpaired) electrons. The van der Waals surface area contributed by atoms with Crippen molar-refractivity contribution in [2.24, 2.45) is 0 Å². The molecule has 0 bridgehead atoms. The molecule has 0 amide bonds. The lowest BCUT2D eigenvalue weighted by Gasteiger charge is -2.43. The van der Waals surface area contributed by atoms with E-state index >= 15 is 0 Å². The van der Waals surface area contributed by atoms with Gasteiger partial charge in [-0.3, -0.25) is 0 Å². The SMILES string of the molecule is CC/C=C/CCCCCCCCC/C=C/CCCCCCCCCCCCCCCCCCCCCCCCCCCCCCO[Si](c1ccccc1)(c1ccccc1)C(C)(C)C. The first-order valence-electron chi connectivity index (χ1n) is 28.1. The standard InChI is InChI=1S/C61H106OSi/c1-5-6-7-8-9-10-11-12-13-14-15-16-17-18-19-20-21-22-23-24-25-26-27-28-29-30-31-32-33-34-35-36-37-38-39-40-41-42-43-44-45-46-53-58-62-63(61(2,3)4,59-54-49-47-50-55-59)60-56-51-48-52-57-60/h6-7,17-18,47-52,54-57H,5,8-16,19-46,53,58H2,1-4H3/b7-6+,18-17+. The largest absolute Gasteiger partial charge is 0.407 e. The fourth-order valence-corrected chi connectivity index (χ4v) is 14.5. The highest BCUT2D eigenvalue weighted by atomic mass is 28.4. The van der Waals surface area contributed by atoms with Gasteiger partial charge in [-0.15, -0.1) is 0 Å². The smallest absolute Gasteiger partial charge is 0.261 e. The normalized spacial score (nSPS) is 12.4. The van der Waals surface area contributed by atoms with Gasteiger partial charge >= 0.3 is 0 Å². The molecule has 0 saturated heterocycles. The van der Waals surface area contributed by atoms with Crippen molar-refractivity contribution in [1.82, 2.24) is 0 Å². The van der Waals surface area contributed by atoms with E-state index < -0.39 is 8.32 Å². The maximum Gasteiger partial charge on any atom is 0.261 e. The number of rotatable bonds is 45. The van der Waals surface area contributed by atoms with Crippen molar-refractivity contribution in [3.63, 3.8) is 0 Å². The summed E-state index contributed by atoms with van der Waals surface area (Å²) >= 11 is 0. The number of hydrogen-bond acceptors (Lipinski definition) is 1. The molecule has 63 heavy (non-hydrogen) atoms. The molecule has 0 aliphatic heterocycles. The molecule has 0 aliphatic carbocycles. The summed E-state index contributed by atoms with van der Waals surface area (Å²) in [7, 11) is -2.38. The van der Waals surface area contributed by atoms with Gasteiger partial charge in [-0.2, -0.15) is 0 Å². The number of benzene rings is 2. The first-order valence-corrected chi connectivity index (χ1v) is 30.0. The van der Waals surface area contributed by atoms with Gasteiger partial charge in [-0.25, -0.2) is 0 Å². The third-order valence-electron chi connectivity index (χ3n) is 13.8. The molecule has 360 valence electrons. The minimum Gasteiger partial charge on any atom is -0.407 e. The molecule has 2 aromatic rings. The predicted molar refractivity (Wildman–Crippen MR) is 288 cm³/mol. The van der Waals surface area contributed by atoms with Crippen LogP contribution in [-0.4, -0.2) is 14.9 Å². The Morgan fingerprint density at radius 1 is 0.333 bits per heavy atom. The van der Waals surface area contributed by atoms with E-state index in [1.165, 1.54) is 261 Å². The summed E-state index contributed by atoms with van der Waals surface area (Å²) in [5, 5.41) is 2.85. The lowest BCUT2D eigenvalue weighted by atomic mass is 10.0. The van der Waals surface area contributed by atoms with E-state index in [2.05, 4.69) is 113 Å². The second kappa shape index (κ2) is 41.5. The first kappa shape index (κ1) is 57.2. The van der Waals surface area contributed by atoms with Crippen LogP contribution in [-0.2, 0) is 4.43 Å². The minimum absolute atomic E-state index is 0.0673.